The van der Waals surface area contributed by atoms with Crippen LogP contribution in [0.1, 0.15) is 13.8 Å². The number of hydrazine groups is 2. The van der Waals surface area contributed by atoms with Gasteiger partial charge in [0.15, 0.2) is 0 Å². The fourth-order valence-corrected chi connectivity index (χ4v) is 2.09. The van der Waals surface area contributed by atoms with Crippen molar-refractivity contribution in [2.45, 2.75) is 13.8 Å². The quantitative estimate of drug-likeness (QED) is 0.721. The van der Waals surface area contributed by atoms with Crippen LogP contribution in [0.5, 0.6) is 0 Å². The number of hydrogen-bond acceptors (Lipinski definition) is 4. The van der Waals surface area contributed by atoms with E-state index in [9.17, 15) is 0 Å². The van der Waals surface area contributed by atoms with Gasteiger partial charge in [0.1, 0.15) is 0 Å². The Bertz CT molecular complexity index is 232. The van der Waals surface area contributed by atoms with E-state index in [4.69, 9.17) is 0 Å². The van der Waals surface area contributed by atoms with Gasteiger partial charge >= 0.3 is 0 Å². The molecule has 1 aliphatic heterocycles. The second kappa shape index (κ2) is 3.79. The minimum atomic E-state index is 0.163. The van der Waals surface area contributed by atoms with Gasteiger partial charge in [-0.25, -0.2) is 0 Å². The van der Waals surface area contributed by atoms with Crippen LogP contribution in [0.15, 0.2) is 11.9 Å². The molecule has 1 N–H and O–H groups in total. The van der Waals surface area contributed by atoms with Crippen LogP contribution in [0, 0.1) is 5.41 Å². The monoisotopic (exact) mass is 198 g/mol. The molecule has 1 rings (SSSR count). The van der Waals surface area contributed by atoms with E-state index in [-0.39, 0.29) is 5.41 Å². The molecule has 0 unspecified atom stereocenters. The van der Waals surface area contributed by atoms with Crippen LogP contribution in [0.25, 0.3) is 0 Å². The molecule has 0 aromatic heterocycles. The standard InChI is InChI=1S/C10H22N4/c1-10(2,8-12(3)4)9-7-13(5)11-14(9)6/h7,11H,8H2,1-6H3. The molecule has 0 fully saturated rings. The van der Waals surface area contributed by atoms with Crippen molar-refractivity contribution in [1.29, 1.82) is 0 Å². The molecule has 0 aromatic rings. The lowest BCUT2D eigenvalue weighted by atomic mass is 9.89. The summed E-state index contributed by atoms with van der Waals surface area (Å²) in [5.74, 6) is 0. The summed E-state index contributed by atoms with van der Waals surface area (Å²) in [4.78, 5) is 2.22. The second-order valence-corrected chi connectivity index (χ2v) is 4.91. The largest absolute Gasteiger partial charge is 0.308 e. The third-order valence-electron chi connectivity index (χ3n) is 2.39. The molecule has 0 bridgehead atoms. The maximum absolute atomic E-state index is 3.20. The average molecular weight is 198 g/mol. The van der Waals surface area contributed by atoms with Gasteiger partial charge in [0.2, 0.25) is 0 Å². The SMILES string of the molecule is CN(C)CC(C)(C)C1=CN(C)NN1C. The molecule has 4 heteroatoms. The van der Waals surface area contributed by atoms with Crippen LogP contribution >= 0.6 is 0 Å². The predicted molar refractivity (Wildman–Crippen MR) is 59.1 cm³/mol. The van der Waals surface area contributed by atoms with E-state index in [0.29, 0.717) is 0 Å². The third-order valence-corrected chi connectivity index (χ3v) is 2.39. The molecule has 1 aliphatic rings. The number of nitrogens with zero attached hydrogens (tertiary/aromatic N) is 3. The Morgan fingerprint density at radius 1 is 1.36 bits per heavy atom. The van der Waals surface area contributed by atoms with Crippen LogP contribution in [-0.4, -0.2) is 49.7 Å². The van der Waals surface area contributed by atoms with Crippen LogP contribution in [0.2, 0.25) is 0 Å². The van der Waals surface area contributed by atoms with Crippen molar-refractivity contribution in [3.8, 4) is 0 Å². The molecule has 0 radical (unpaired) electrons. The molecule has 1 heterocycles. The van der Waals surface area contributed by atoms with Crippen molar-refractivity contribution in [3.05, 3.63) is 11.9 Å². The van der Waals surface area contributed by atoms with Gasteiger partial charge < -0.3 is 4.90 Å². The smallest absolute Gasteiger partial charge is 0.0551 e. The normalized spacial score (nSPS) is 18.1. The Labute approximate surface area is 87.1 Å². The first kappa shape index (κ1) is 11.3. The molecule has 0 atom stereocenters. The second-order valence-electron chi connectivity index (χ2n) is 4.91. The molecule has 14 heavy (non-hydrogen) atoms. The molecule has 4 nitrogen and oxygen atoms in total. The van der Waals surface area contributed by atoms with Gasteiger partial charge in [0.05, 0.1) is 5.70 Å². The molecule has 82 valence electrons. The predicted octanol–water partition coefficient (Wildman–Crippen LogP) is 0.712. The summed E-state index contributed by atoms with van der Waals surface area (Å²) < 4.78 is 0. The lowest BCUT2D eigenvalue weighted by molar-refractivity contribution is 0.148. The summed E-state index contributed by atoms with van der Waals surface area (Å²) in [6.07, 6.45) is 2.14. The highest BCUT2D eigenvalue weighted by Crippen LogP contribution is 2.30. The summed E-state index contributed by atoms with van der Waals surface area (Å²) in [6.45, 7) is 5.56. The zero-order valence-corrected chi connectivity index (χ0v) is 10.1. The minimum Gasteiger partial charge on any atom is -0.308 e. The van der Waals surface area contributed by atoms with E-state index >= 15 is 0 Å². The van der Waals surface area contributed by atoms with Gasteiger partial charge in [-0.1, -0.05) is 13.8 Å². The highest BCUT2D eigenvalue weighted by molar-refractivity contribution is 5.12. The lowest BCUT2D eigenvalue weighted by Gasteiger charge is -2.32. The van der Waals surface area contributed by atoms with E-state index in [1.165, 1.54) is 5.70 Å². The maximum atomic E-state index is 3.20. The highest BCUT2D eigenvalue weighted by Gasteiger charge is 2.30. The van der Waals surface area contributed by atoms with Gasteiger partial charge in [-0.15, -0.1) is 5.53 Å². The molecule has 0 spiro atoms. The van der Waals surface area contributed by atoms with Crippen molar-refractivity contribution in [2.24, 2.45) is 5.41 Å². The Morgan fingerprint density at radius 2 is 1.93 bits per heavy atom. The zero-order chi connectivity index (χ0) is 10.9. The summed E-state index contributed by atoms with van der Waals surface area (Å²) >= 11 is 0. The summed E-state index contributed by atoms with van der Waals surface area (Å²) in [5, 5.41) is 4.05. The summed E-state index contributed by atoms with van der Waals surface area (Å²) in [6, 6.07) is 0. The topological polar surface area (TPSA) is 21.8 Å². The van der Waals surface area contributed by atoms with E-state index < -0.39 is 0 Å². The van der Waals surface area contributed by atoms with E-state index in [1.54, 1.807) is 0 Å². The van der Waals surface area contributed by atoms with E-state index in [2.05, 4.69) is 49.6 Å². The van der Waals surface area contributed by atoms with Gasteiger partial charge in [0, 0.05) is 32.3 Å². The van der Waals surface area contributed by atoms with Crippen molar-refractivity contribution < 1.29 is 0 Å². The van der Waals surface area contributed by atoms with Gasteiger partial charge in [0.25, 0.3) is 0 Å². The van der Waals surface area contributed by atoms with E-state index in [0.717, 1.165) is 6.54 Å². The Hall–Kier alpha value is -0.740. The molecular formula is C10H22N4. The Balaban J connectivity index is 2.76. The molecule has 0 aromatic carbocycles. The molecule has 0 saturated heterocycles. The Morgan fingerprint density at radius 3 is 2.29 bits per heavy atom. The fourth-order valence-electron chi connectivity index (χ4n) is 2.09. The van der Waals surface area contributed by atoms with Gasteiger partial charge in [-0.05, 0) is 14.1 Å². The fraction of sp³-hybridized carbons (Fsp3) is 0.800. The number of nitrogens with one attached hydrogen (secondary N) is 1. The lowest BCUT2D eigenvalue weighted by Crippen LogP contribution is -2.40. The van der Waals surface area contributed by atoms with Crippen molar-refractivity contribution in [1.82, 2.24) is 20.5 Å². The van der Waals surface area contributed by atoms with E-state index in [1.807, 2.05) is 19.1 Å². The highest BCUT2D eigenvalue weighted by atomic mass is 15.8. The average Bonchev–Trinajstić information content (AvgIpc) is 2.27. The maximum Gasteiger partial charge on any atom is 0.0551 e. The van der Waals surface area contributed by atoms with Crippen molar-refractivity contribution in [2.75, 3.05) is 34.7 Å². The van der Waals surface area contributed by atoms with Crippen LogP contribution < -0.4 is 5.53 Å². The summed E-state index contributed by atoms with van der Waals surface area (Å²) in [7, 11) is 8.27. The minimum absolute atomic E-state index is 0.163. The van der Waals surface area contributed by atoms with Crippen LogP contribution in [0.3, 0.4) is 0 Å². The number of hydrogen-bond donors (Lipinski definition) is 1. The van der Waals surface area contributed by atoms with Crippen molar-refractivity contribution >= 4 is 0 Å². The molecule has 0 amide bonds. The Kier molecular flexibility index (Phi) is 3.07. The zero-order valence-electron chi connectivity index (χ0n) is 10.1. The third kappa shape index (κ3) is 2.39. The molecular weight excluding hydrogens is 176 g/mol. The summed E-state index contributed by atoms with van der Waals surface area (Å²) in [5.41, 5.74) is 4.68. The van der Waals surface area contributed by atoms with Crippen LogP contribution in [0.4, 0.5) is 0 Å². The first-order valence-electron chi connectivity index (χ1n) is 4.93. The molecule has 0 saturated carbocycles. The van der Waals surface area contributed by atoms with Gasteiger partial charge in [-0.2, -0.15) is 0 Å². The van der Waals surface area contributed by atoms with Crippen LogP contribution in [-0.2, 0) is 0 Å². The first-order valence-corrected chi connectivity index (χ1v) is 4.93. The number of rotatable bonds is 3. The first-order chi connectivity index (χ1) is 6.33. The van der Waals surface area contributed by atoms with Gasteiger partial charge in [-0.3, -0.25) is 10.0 Å². The molecule has 0 aliphatic carbocycles. The van der Waals surface area contributed by atoms with Crippen molar-refractivity contribution in [3.63, 3.8) is 0 Å².